The van der Waals surface area contributed by atoms with Crippen LogP contribution in [0.2, 0.25) is 0 Å². The Morgan fingerprint density at radius 1 is 1.61 bits per heavy atom. The van der Waals surface area contributed by atoms with Crippen LogP contribution in [0.1, 0.15) is 13.3 Å². The lowest BCUT2D eigenvalue weighted by Gasteiger charge is -2.14. The highest BCUT2D eigenvalue weighted by Gasteiger charge is 2.12. The number of hydrogen-bond acceptors (Lipinski definition) is 5. The van der Waals surface area contributed by atoms with Crippen LogP contribution in [-0.2, 0) is 11.3 Å². The monoisotopic (exact) mass is 251 g/mol. The van der Waals surface area contributed by atoms with E-state index in [9.17, 15) is 4.79 Å². The first kappa shape index (κ1) is 12.8. The summed E-state index contributed by atoms with van der Waals surface area (Å²) < 4.78 is 12.1. The molecule has 0 radical (unpaired) electrons. The molecule has 2 N–H and O–H groups in total. The Hall–Kier alpha value is -1.66. The highest BCUT2D eigenvalue weighted by atomic mass is 16.5. The van der Waals surface area contributed by atoms with Crippen molar-refractivity contribution in [3.05, 3.63) is 28.9 Å². The van der Waals surface area contributed by atoms with Gasteiger partial charge in [0.15, 0.2) is 11.2 Å². The van der Waals surface area contributed by atoms with E-state index < -0.39 is 5.76 Å². The number of nitrogens with zero attached hydrogens (tertiary/aromatic N) is 2. The van der Waals surface area contributed by atoms with Crippen LogP contribution in [0, 0.1) is 0 Å². The van der Waals surface area contributed by atoms with Gasteiger partial charge in [0.25, 0.3) is 0 Å². The van der Waals surface area contributed by atoms with E-state index in [1.807, 2.05) is 6.92 Å². The van der Waals surface area contributed by atoms with Gasteiger partial charge < -0.3 is 14.9 Å². The van der Waals surface area contributed by atoms with E-state index in [-0.39, 0.29) is 6.10 Å². The van der Waals surface area contributed by atoms with Crippen molar-refractivity contribution in [1.29, 1.82) is 0 Å². The van der Waals surface area contributed by atoms with Crippen LogP contribution in [-0.4, -0.2) is 28.8 Å². The molecule has 6 nitrogen and oxygen atoms in total. The number of rotatable bonds is 6. The predicted molar refractivity (Wildman–Crippen MR) is 67.4 cm³/mol. The van der Waals surface area contributed by atoms with Crippen molar-refractivity contribution in [2.24, 2.45) is 5.73 Å². The Morgan fingerprint density at radius 3 is 3.17 bits per heavy atom. The van der Waals surface area contributed by atoms with Crippen LogP contribution in [0.3, 0.4) is 0 Å². The second-order valence-electron chi connectivity index (χ2n) is 3.95. The molecular weight excluding hydrogens is 234 g/mol. The van der Waals surface area contributed by atoms with Crippen LogP contribution in [0.15, 0.2) is 27.5 Å². The van der Waals surface area contributed by atoms with Gasteiger partial charge in [-0.2, -0.15) is 0 Å². The smallest absolute Gasteiger partial charge is 0.406 e. The molecule has 0 aliphatic heterocycles. The molecule has 6 heteroatoms. The number of fused-ring (bicyclic) bond motifs is 1. The molecule has 1 unspecified atom stereocenters. The summed E-state index contributed by atoms with van der Waals surface area (Å²) in [6, 6.07) is 3.46. The average Bonchev–Trinajstić information content (AvgIpc) is 2.70. The van der Waals surface area contributed by atoms with Gasteiger partial charge in [0, 0.05) is 25.9 Å². The van der Waals surface area contributed by atoms with E-state index >= 15 is 0 Å². The molecular formula is C12H17N3O3. The Morgan fingerprint density at radius 2 is 2.44 bits per heavy atom. The number of aryl methyl sites for hydroxylation is 1. The molecule has 2 heterocycles. The van der Waals surface area contributed by atoms with Crippen molar-refractivity contribution in [1.82, 2.24) is 9.55 Å². The highest BCUT2D eigenvalue weighted by molar-refractivity contribution is 5.67. The third kappa shape index (κ3) is 2.60. The van der Waals surface area contributed by atoms with Crippen molar-refractivity contribution in [2.45, 2.75) is 26.0 Å². The summed E-state index contributed by atoms with van der Waals surface area (Å²) in [6.45, 7) is 3.46. The zero-order chi connectivity index (χ0) is 13.0. The van der Waals surface area contributed by atoms with Gasteiger partial charge in [-0.25, -0.2) is 9.78 Å². The average molecular weight is 251 g/mol. The molecule has 0 aliphatic carbocycles. The first-order chi connectivity index (χ1) is 8.76. The number of ether oxygens (including phenoxy) is 1. The van der Waals surface area contributed by atoms with Crippen molar-refractivity contribution in [2.75, 3.05) is 13.2 Å². The lowest BCUT2D eigenvalue weighted by molar-refractivity contribution is 0.0597. The second-order valence-corrected chi connectivity index (χ2v) is 3.95. The van der Waals surface area contributed by atoms with E-state index in [2.05, 4.69) is 4.98 Å². The molecule has 0 saturated heterocycles. The van der Waals surface area contributed by atoms with Crippen LogP contribution >= 0.6 is 0 Å². The zero-order valence-electron chi connectivity index (χ0n) is 10.3. The fourth-order valence-electron chi connectivity index (χ4n) is 1.88. The molecule has 0 bridgehead atoms. The van der Waals surface area contributed by atoms with Crippen LogP contribution < -0.4 is 11.5 Å². The quantitative estimate of drug-likeness (QED) is 0.818. The molecule has 0 saturated carbocycles. The fraction of sp³-hybridized carbons (Fsp3) is 0.500. The molecule has 0 spiro atoms. The highest BCUT2D eigenvalue weighted by Crippen LogP contribution is 2.10. The summed E-state index contributed by atoms with van der Waals surface area (Å²) in [7, 11) is 0. The van der Waals surface area contributed by atoms with Gasteiger partial charge in [-0.15, -0.1) is 0 Å². The SMILES string of the molecule is CCOC(CN)CCn1c(=O)oc2cccnc21. The second kappa shape index (κ2) is 5.79. The Labute approximate surface area is 104 Å². The molecule has 98 valence electrons. The summed E-state index contributed by atoms with van der Waals surface area (Å²) in [6.07, 6.45) is 2.25. The van der Waals surface area contributed by atoms with Crippen molar-refractivity contribution < 1.29 is 9.15 Å². The standard InChI is InChI=1S/C12H17N3O3/c1-2-17-9(8-13)5-7-15-11-10(18-12(15)16)4-3-6-14-11/h3-4,6,9H,2,5,7-8,13H2,1H3. The van der Waals surface area contributed by atoms with E-state index in [4.69, 9.17) is 14.9 Å². The van der Waals surface area contributed by atoms with Crippen LogP contribution in [0.4, 0.5) is 0 Å². The number of hydrogen-bond donors (Lipinski definition) is 1. The van der Waals surface area contributed by atoms with Crippen molar-refractivity contribution in [3.8, 4) is 0 Å². The maximum Gasteiger partial charge on any atom is 0.421 e. The molecule has 18 heavy (non-hydrogen) atoms. The van der Waals surface area contributed by atoms with Crippen molar-refractivity contribution >= 4 is 11.2 Å². The number of aromatic nitrogens is 2. The van der Waals surface area contributed by atoms with Gasteiger partial charge >= 0.3 is 5.76 Å². The Bertz CT molecular complexity index is 561. The Balaban J connectivity index is 2.16. The first-order valence-electron chi connectivity index (χ1n) is 6.02. The van der Waals surface area contributed by atoms with Gasteiger partial charge in [0.05, 0.1) is 6.10 Å². The molecule has 0 amide bonds. The lowest BCUT2D eigenvalue weighted by Crippen LogP contribution is -2.27. The lowest BCUT2D eigenvalue weighted by atomic mass is 10.2. The maximum atomic E-state index is 11.7. The van der Waals surface area contributed by atoms with Gasteiger partial charge in [-0.05, 0) is 25.5 Å². The molecule has 2 aromatic rings. The normalized spacial score (nSPS) is 13.0. The molecule has 1 atom stereocenters. The van der Waals surface area contributed by atoms with Gasteiger partial charge in [-0.1, -0.05) is 0 Å². The first-order valence-corrected chi connectivity index (χ1v) is 6.02. The summed E-state index contributed by atoms with van der Waals surface area (Å²) in [5, 5.41) is 0. The van der Waals surface area contributed by atoms with Crippen LogP contribution in [0.25, 0.3) is 11.2 Å². The van der Waals surface area contributed by atoms with Crippen LogP contribution in [0.5, 0.6) is 0 Å². The van der Waals surface area contributed by atoms with E-state index in [0.717, 1.165) is 0 Å². The third-order valence-corrected chi connectivity index (χ3v) is 2.76. The van der Waals surface area contributed by atoms with E-state index in [0.29, 0.717) is 37.3 Å². The fourth-order valence-corrected chi connectivity index (χ4v) is 1.88. The molecule has 2 rings (SSSR count). The zero-order valence-corrected chi connectivity index (χ0v) is 10.3. The minimum absolute atomic E-state index is 0.0458. The largest absolute Gasteiger partial charge is 0.421 e. The minimum atomic E-state index is -0.393. The number of oxazole rings is 1. The molecule has 2 aromatic heterocycles. The molecule has 0 aliphatic rings. The van der Waals surface area contributed by atoms with E-state index in [1.54, 1.807) is 18.3 Å². The van der Waals surface area contributed by atoms with Crippen molar-refractivity contribution in [3.63, 3.8) is 0 Å². The summed E-state index contributed by atoms with van der Waals surface area (Å²) in [5.41, 5.74) is 6.67. The third-order valence-electron chi connectivity index (χ3n) is 2.76. The summed E-state index contributed by atoms with van der Waals surface area (Å²) in [5.74, 6) is -0.393. The minimum Gasteiger partial charge on any atom is -0.406 e. The topological polar surface area (TPSA) is 83.3 Å². The Kier molecular flexibility index (Phi) is 4.11. The summed E-state index contributed by atoms with van der Waals surface area (Å²) in [4.78, 5) is 15.8. The predicted octanol–water partition coefficient (Wildman–Crippen LogP) is 0.743. The maximum absolute atomic E-state index is 11.7. The number of nitrogens with two attached hydrogens (primary N) is 1. The van der Waals surface area contributed by atoms with Gasteiger partial charge in [-0.3, -0.25) is 4.57 Å². The molecule has 0 aromatic carbocycles. The van der Waals surface area contributed by atoms with Gasteiger partial charge in [0.1, 0.15) is 0 Å². The van der Waals surface area contributed by atoms with Gasteiger partial charge in [0.2, 0.25) is 0 Å². The summed E-state index contributed by atoms with van der Waals surface area (Å²) >= 11 is 0. The molecule has 0 fully saturated rings. The number of pyridine rings is 1. The van der Waals surface area contributed by atoms with E-state index in [1.165, 1.54) is 4.57 Å².